The number of carboxylic acids is 1. The molecule has 1 heterocycles. The first-order valence-corrected chi connectivity index (χ1v) is 4.41. The van der Waals surface area contributed by atoms with Crippen molar-refractivity contribution in [3.8, 4) is 0 Å². The van der Waals surface area contributed by atoms with Gasteiger partial charge in [0.1, 0.15) is 6.26 Å². The van der Waals surface area contributed by atoms with Gasteiger partial charge in [-0.25, -0.2) is 4.79 Å². The molecule has 0 saturated heterocycles. The average molecular weight is 194 g/mol. The molecule has 1 aliphatic carbocycles. The lowest BCUT2D eigenvalue weighted by Crippen LogP contribution is -2.30. The molecule has 0 bridgehead atoms. The Morgan fingerprint density at radius 3 is 3.00 bits per heavy atom. The quantitative estimate of drug-likeness (QED) is 0.501. The van der Waals surface area contributed by atoms with Crippen molar-refractivity contribution < 1.29 is 19.4 Å². The second-order valence-corrected chi connectivity index (χ2v) is 3.58. The summed E-state index contributed by atoms with van der Waals surface area (Å²) in [6.07, 6.45) is 3.58. The third kappa shape index (κ3) is 1.14. The van der Waals surface area contributed by atoms with Crippen LogP contribution in [-0.4, -0.2) is 17.0 Å². The van der Waals surface area contributed by atoms with Gasteiger partial charge in [-0.3, -0.25) is 4.79 Å². The molecule has 4 nitrogen and oxygen atoms in total. The van der Waals surface area contributed by atoms with Gasteiger partial charge in [-0.2, -0.15) is 0 Å². The molecule has 1 unspecified atom stereocenters. The molecule has 0 amide bonds. The number of cyclic esters (lactones) is 1. The lowest BCUT2D eigenvalue weighted by molar-refractivity contribution is -0.145. The number of aliphatic carboxylic acids is 1. The third-order valence-electron chi connectivity index (χ3n) is 2.79. The van der Waals surface area contributed by atoms with Gasteiger partial charge in [0, 0.05) is 5.92 Å². The number of esters is 1. The van der Waals surface area contributed by atoms with E-state index in [1.54, 1.807) is 0 Å². The first kappa shape index (κ1) is 8.99. The Bertz CT molecular complexity index is 364. The van der Waals surface area contributed by atoms with E-state index < -0.39 is 5.97 Å². The number of allylic oxidation sites excluding steroid dienone is 1. The number of fused-ring (bicyclic) bond motifs is 1. The van der Waals surface area contributed by atoms with Crippen LogP contribution in [0.25, 0.3) is 0 Å². The molecule has 2 rings (SSSR count). The maximum atomic E-state index is 11.4. The third-order valence-corrected chi connectivity index (χ3v) is 2.79. The predicted octanol–water partition coefficient (Wildman–Crippen LogP) is 1.09. The van der Waals surface area contributed by atoms with Crippen LogP contribution in [0.2, 0.25) is 0 Å². The number of hydrogen-bond acceptors (Lipinski definition) is 3. The molecule has 0 spiro atoms. The van der Waals surface area contributed by atoms with Crippen molar-refractivity contribution in [1.82, 2.24) is 0 Å². The topological polar surface area (TPSA) is 63.6 Å². The molecule has 0 saturated carbocycles. The number of hydrogen-bond donors (Lipinski definition) is 1. The molecule has 0 aromatic rings. The Hall–Kier alpha value is -1.58. The van der Waals surface area contributed by atoms with Gasteiger partial charge in [-0.1, -0.05) is 11.6 Å². The van der Waals surface area contributed by atoms with Gasteiger partial charge in [0.2, 0.25) is 0 Å². The normalized spacial score (nSPS) is 30.2. The summed E-state index contributed by atoms with van der Waals surface area (Å²) in [5, 5.41) is 8.88. The largest absolute Gasteiger partial charge is 0.478 e. The minimum atomic E-state index is -1.00. The molecule has 1 N–H and O–H groups in total. The molecule has 2 atom stereocenters. The van der Waals surface area contributed by atoms with Crippen LogP contribution in [0.1, 0.15) is 13.3 Å². The number of rotatable bonds is 1. The van der Waals surface area contributed by atoms with Gasteiger partial charge in [0.05, 0.1) is 11.5 Å². The number of carbonyl (C=O) groups excluding carboxylic acids is 1. The van der Waals surface area contributed by atoms with Crippen LogP contribution < -0.4 is 0 Å². The maximum absolute atomic E-state index is 11.4. The Morgan fingerprint density at radius 2 is 2.36 bits per heavy atom. The highest BCUT2D eigenvalue weighted by atomic mass is 16.5. The summed E-state index contributed by atoms with van der Waals surface area (Å²) < 4.78 is 4.71. The standard InChI is InChI=1S/C10H10O4/c1-5-2-3-6-7(9(11)12)4-14-10(13)8(5)6/h2,4,6,8H,3H2,1H3,(H,11,12)/t6?,8-/m1/s1. The summed E-state index contributed by atoms with van der Waals surface area (Å²) in [7, 11) is 0. The van der Waals surface area contributed by atoms with Crippen molar-refractivity contribution in [2.75, 3.05) is 0 Å². The molecule has 1 aliphatic heterocycles. The first-order chi connectivity index (χ1) is 6.61. The highest BCUT2D eigenvalue weighted by Crippen LogP contribution is 2.40. The van der Waals surface area contributed by atoms with Crippen LogP contribution in [0, 0.1) is 11.8 Å². The summed E-state index contributed by atoms with van der Waals surface area (Å²) in [6.45, 7) is 1.83. The predicted molar refractivity (Wildman–Crippen MR) is 47.2 cm³/mol. The zero-order valence-electron chi connectivity index (χ0n) is 7.69. The summed E-state index contributed by atoms with van der Waals surface area (Å²) in [4.78, 5) is 22.2. The first-order valence-electron chi connectivity index (χ1n) is 4.41. The number of ether oxygens (including phenoxy) is 1. The average Bonchev–Trinajstić information content (AvgIpc) is 2.49. The fourth-order valence-corrected chi connectivity index (χ4v) is 2.04. The molecular formula is C10H10O4. The molecule has 14 heavy (non-hydrogen) atoms. The van der Waals surface area contributed by atoms with E-state index >= 15 is 0 Å². The van der Waals surface area contributed by atoms with Crippen LogP contribution >= 0.6 is 0 Å². The van der Waals surface area contributed by atoms with Gasteiger partial charge in [-0.15, -0.1) is 0 Å². The van der Waals surface area contributed by atoms with Gasteiger partial charge >= 0.3 is 11.9 Å². The van der Waals surface area contributed by atoms with Crippen LogP contribution in [0.15, 0.2) is 23.5 Å². The molecule has 0 aromatic heterocycles. The van der Waals surface area contributed by atoms with E-state index in [1.165, 1.54) is 0 Å². The Balaban J connectivity index is 2.36. The van der Waals surface area contributed by atoms with E-state index in [-0.39, 0.29) is 23.4 Å². The van der Waals surface area contributed by atoms with E-state index in [1.807, 2.05) is 13.0 Å². The fourth-order valence-electron chi connectivity index (χ4n) is 2.04. The highest BCUT2D eigenvalue weighted by molar-refractivity contribution is 5.91. The van der Waals surface area contributed by atoms with Crippen molar-refractivity contribution in [2.24, 2.45) is 11.8 Å². The van der Waals surface area contributed by atoms with Gasteiger partial charge in [0.15, 0.2) is 0 Å². The SMILES string of the molecule is CC1=CCC2C(C(=O)O)=COC(=O)[C@H]12. The Morgan fingerprint density at radius 1 is 1.64 bits per heavy atom. The van der Waals surface area contributed by atoms with E-state index in [0.29, 0.717) is 6.42 Å². The highest BCUT2D eigenvalue weighted by Gasteiger charge is 2.41. The molecular weight excluding hydrogens is 184 g/mol. The Labute approximate surface area is 80.9 Å². The zero-order chi connectivity index (χ0) is 10.3. The molecule has 74 valence electrons. The van der Waals surface area contributed by atoms with Crippen molar-refractivity contribution >= 4 is 11.9 Å². The van der Waals surface area contributed by atoms with Crippen molar-refractivity contribution in [3.63, 3.8) is 0 Å². The van der Waals surface area contributed by atoms with Crippen molar-refractivity contribution in [1.29, 1.82) is 0 Å². The summed E-state index contributed by atoms with van der Waals surface area (Å²) >= 11 is 0. The Kier molecular flexibility index (Phi) is 1.91. The van der Waals surface area contributed by atoms with E-state index in [0.717, 1.165) is 11.8 Å². The lowest BCUT2D eigenvalue weighted by Gasteiger charge is -2.24. The molecule has 2 aliphatic rings. The second kappa shape index (κ2) is 2.97. The fraction of sp³-hybridized carbons (Fsp3) is 0.400. The second-order valence-electron chi connectivity index (χ2n) is 3.58. The monoisotopic (exact) mass is 194 g/mol. The molecule has 4 heteroatoms. The van der Waals surface area contributed by atoms with Crippen molar-refractivity contribution in [3.05, 3.63) is 23.5 Å². The van der Waals surface area contributed by atoms with Crippen LogP contribution in [-0.2, 0) is 14.3 Å². The van der Waals surface area contributed by atoms with Gasteiger partial charge in [0.25, 0.3) is 0 Å². The van der Waals surface area contributed by atoms with Gasteiger partial charge in [-0.05, 0) is 13.3 Å². The summed E-state index contributed by atoms with van der Waals surface area (Å²) in [5.74, 6) is -1.96. The zero-order valence-corrected chi connectivity index (χ0v) is 7.69. The summed E-state index contributed by atoms with van der Waals surface area (Å²) in [5.41, 5.74) is 1.11. The van der Waals surface area contributed by atoms with Crippen LogP contribution in [0.3, 0.4) is 0 Å². The van der Waals surface area contributed by atoms with Gasteiger partial charge < -0.3 is 9.84 Å². The lowest BCUT2D eigenvalue weighted by atomic mass is 9.84. The minimum Gasteiger partial charge on any atom is -0.478 e. The van der Waals surface area contributed by atoms with E-state index in [2.05, 4.69) is 0 Å². The van der Waals surface area contributed by atoms with Crippen LogP contribution in [0.5, 0.6) is 0 Å². The molecule has 0 aromatic carbocycles. The van der Waals surface area contributed by atoms with E-state index in [9.17, 15) is 9.59 Å². The van der Waals surface area contributed by atoms with E-state index in [4.69, 9.17) is 9.84 Å². The van der Waals surface area contributed by atoms with Crippen LogP contribution in [0.4, 0.5) is 0 Å². The molecule has 0 radical (unpaired) electrons. The molecule has 0 fully saturated rings. The summed E-state index contributed by atoms with van der Waals surface area (Å²) in [6, 6.07) is 0. The number of carbonyl (C=O) groups is 2. The smallest absolute Gasteiger partial charge is 0.335 e. The maximum Gasteiger partial charge on any atom is 0.335 e. The van der Waals surface area contributed by atoms with Crippen molar-refractivity contribution in [2.45, 2.75) is 13.3 Å². The number of carboxylic acid groups (broad SMARTS) is 1. The minimum absolute atomic E-state index is 0.197.